The van der Waals surface area contributed by atoms with Crippen molar-refractivity contribution in [1.29, 1.82) is 0 Å². The number of carbonyl (C=O) groups excluding carboxylic acids is 2. The maximum Gasteiger partial charge on any atom is 0.256 e. The van der Waals surface area contributed by atoms with E-state index in [1.807, 2.05) is 6.92 Å². The van der Waals surface area contributed by atoms with Crippen molar-refractivity contribution in [2.24, 2.45) is 5.73 Å². The normalized spacial score (nSPS) is 16.9. The third-order valence-corrected chi connectivity index (χ3v) is 6.22. The molecule has 0 radical (unpaired) electrons. The van der Waals surface area contributed by atoms with Gasteiger partial charge in [-0.3, -0.25) is 9.59 Å². The third kappa shape index (κ3) is 3.91. The number of rotatable bonds is 5. The van der Waals surface area contributed by atoms with Gasteiger partial charge in [-0.1, -0.05) is 0 Å². The molecule has 2 aromatic rings. The lowest BCUT2D eigenvalue weighted by molar-refractivity contribution is 0.0999. The highest BCUT2D eigenvalue weighted by Gasteiger charge is 2.41. The van der Waals surface area contributed by atoms with Crippen molar-refractivity contribution in [3.8, 4) is 5.75 Å². The number of ether oxygens (including phenoxy) is 1. The number of amides is 2. The lowest BCUT2D eigenvalue weighted by atomic mass is 9.81. The summed E-state index contributed by atoms with van der Waals surface area (Å²) in [4.78, 5) is 26.0. The van der Waals surface area contributed by atoms with Crippen LogP contribution in [0.1, 0.15) is 65.8 Å². The first-order valence-electron chi connectivity index (χ1n) is 9.33. The first-order valence-corrected chi connectivity index (χ1v) is 10.2. The zero-order valence-corrected chi connectivity index (χ0v) is 17.8. The fourth-order valence-electron chi connectivity index (χ4n) is 3.92. The number of hydrogen-bond acceptors (Lipinski definition) is 5. The van der Waals surface area contributed by atoms with Crippen molar-refractivity contribution in [3.63, 3.8) is 0 Å². The molecule has 0 saturated carbocycles. The van der Waals surface area contributed by atoms with Gasteiger partial charge in [0, 0.05) is 21.5 Å². The van der Waals surface area contributed by atoms with E-state index < -0.39 is 5.91 Å². The Hall–Kier alpha value is -2.38. The van der Waals surface area contributed by atoms with E-state index in [0.717, 1.165) is 10.4 Å². The summed E-state index contributed by atoms with van der Waals surface area (Å²) in [6.07, 6.45) is 0.666. The van der Waals surface area contributed by atoms with Crippen LogP contribution < -0.4 is 21.1 Å². The van der Waals surface area contributed by atoms with E-state index in [4.69, 9.17) is 10.5 Å². The van der Waals surface area contributed by atoms with E-state index >= 15 is 0 Å². The van der Waals surface area contributed by atoms with Gasteiger partial charge in [0.1, 0.15) is 10.8 Å². The summed E-state index contributed by atoms with van der Waals surface area (Å²) < 4.78 is 5.41. The molecule has 28 heavy (non-hydrogen) atoms. The van der Waals surface area contributed by atoms with Crippen LogP contribution in [0.4, 0.5) is 5.00 Å². The molecule has 4 N–H and O–H groups in total. The summed E-state index contributed by atoms with van der Waals surface area (Å²) in [7, 11) is 0. The molecule has 6 nitrogen and oxygen atoms in total. The maximum absolute atomic E-state index is 12.7. The van der Waals surface area contributed by atoms with Gasteiger partial charge in [-0.2, -0.15) is 0 Å². The Kier molecular flexibility index (Phi) is 5.25. The number of benzene rings is 1. The topological polar surface area (TPSA) is 93.4 Å². The SMILES string of the molecule is CCOc1ccc(C(=O)Nc2sc3c(c2C(N)=O)CC(C)(C)NC3(C)C)cc1. The zero-order chi connectivity index (χ0) is 20.7. The molecule has 0 saturated heterocycles. The fraction of sp³-hybridized carbons (Fsp3) is 0.429. The number of nitrogens with two attached hydrogens (primary N) is 1. The van der Waals surface area contributed by atoms with Crippen LogP contribution in [0.25, 0.3) is 0 Å². The molecule has 0 aliphatic carbocycles. The van der Waals surface area contributed by atoms with E-state index in [9.17, 15) is 9.59 Å². The third-order valence-electron chi connectivity index (χ3n) is 4.75. The highest BCUT2D eigenvalue weighted by molar-refractivity contribution is 7.17. The van der Waals surface area contributed by atoms with E-state index in [0.29, 0.717) is 34.9 Å². The number of thiophene rings is 1. The molecule has 0 unspecified atom stereocenters. The van der Waals surface area contributed by atoms with Crippen molar-refractivity contribution in [2.45, 2.75) is 52.1 Å². The average Bonchev–Trinajstić information content (AvgIpc) is 2.92. The smallest absolute Gasteiger partial charge is 0.256 e. The van der Waals surface area contributed by atoms with Gasteiger partial charge in [-0.25, -0.2) is 0 Å². The van der Waals surface area contributed by atoms with Crippen molar-refractivity contribution in [1.82, 2.24) is 5.32 Å². The monoisotopic (exact) mass is 401 g/mol. The lowest BCUT2D eigenvalue weighted by Crippen LogP contribution is -2.55. The van der Waals surface area contributed by atoms with Crippen molar-refractivity contribution < 1.29 is 14.3 Å². The van der Waals surface area contributed by atoms with Crippen LogP contribution in [-0.4, -0.2) is 24.0 Å². The predicted molar refractivity (Wildman–Crippen MR) is 112 cm³/mol. The Balaban J connectivity index is 1.95. The Labute approximate surface area is 169 Å². The van der Waals surface area contributed by atoms with E-state index in [1.165, 1.54) is 11.3 Å². The van der Waals surface area contributed by atoms with Crippen LogP contribution in [0.2, 0.25) is 0 Å². The van der Waals surface area contributed by atoms with Gasteiger partial charge in [-0.15, -0.1) is 11.3 Å². The molecule has 1 aliphatic rings. The second-order valence-electron chi connectivity index (χ2n) is 8.20. The minimum atomic E-state index is -0.520. The van der Waals surface area contributed by atoms with E-state index in [2.05, 4.69) is 38.3 Å². The van der Waals surface area contributed by atoms with E-state index in [-0.39, 0.29) is 17.0 Å². The Bertz CT molecular complexity index is 914. The summed E-state index contributed by atoms with van der Waals surface area (Å²) in [5, 5.41) is 7.00. The standard InChI is InChI=1S/C21H27N3O3S/c1-6-27-13-9-7-12(8-10-13)18(26)23-19-15(17(22)25)14-11-20(2,3)24-21(4,5)16(14)28-19/h7-10,24H,6,11H2,1-5H3,(H2,22,25)(H,23,26). The summed E-state index contributed by atoms with van der Waals surface area (Å²) in [5.74, 6) is -0.0966. The van der Waals surface area contributed by atoms with Gasteiger partial charge in [0.05, 0.1) is 12.2 Å². The minimum Gasteiger partial charge on any atom is -0.494 e. The quantitative estimate of drug-likeness (QED) is 0.713. The van der Waals surface area contributed by atoms with Crippen LogP contribution >= 0.6 is 11.3 Å². The average molecular weight is 402 g/mol. The number of fused-ring (bicyclic) bond motifs is 1. The number of hydrogen-bond donors (Lipinski definition) is 3. The Morgan fingerprint density at radius 3 is 2.43 bits per heavy atom. The van der Waals surface area contributed by atoms with Gasteiger partial charge in [-0.05, 0) is 70.9 Å². The molecule has 1 aromatic carbocycles. The molecule has 2 amide bonds. The fourth-order valence-corrected chi connectivity index (χ4v) is 5.20. The Morgan fingerprint density at radius 1 is 1.21 bits per heavy atom. The molecule has 0 atom stereocenters. The molecule has 1 aliphatic heterocycles. The molecular formula is C21H27N3O3S. The first-order chi connectivity index (χ1) is 13.0. The molecule has 0 fully saturated rings. The predicted octanol–water partition coefficient (Wildman–Crippen LogP) is 3.66. The Morgan fingerprint density at radius 2 is 1.86 bits per heavy atom. The zero-order valence-electron chi connectivity index (χ0n) is 16.9. The van der Waals surface area contributed by atoms with Gasteiger partial charge in [0.25, 0.3) is 11.8 Å². The van der Waals surface area contributed by atoms with Crippen LogP contribution in [-0.2, 0) is 12.0 Å². The number of primary amides is 1. The van der Waals surface area contributed by atoms with Crippen molar-refractivity contribution in [2.75, 3.05) is 11.9 Å². The van der Waals surface area contributed by atoms with Gasteiger partial charge < -0.3 is 21.1 Å². The molecule has 0 spiro atoms. The van der Waals surface area contributed by atoms with Crippen LogP contribution in [0.5, 0.6) is 5.75 Å². The number of nitrogens with one attached hydrogen (secondary N) is 2. The molecule has 2 heterocycles. The summed E-state index contributed by atoms with van der Waals surface area (Å²) in [6.45, 7) is 10.8. The van der Waals surface area contributed by atoms with Gasteiger partial charge >= 0.3 is 0 Å². The molecular weight excluding hydrogens is 374 g/mol. The summed E-state index contributed by atoms with van der Waals surface area (Å²) in [6, 6.07) is 6.91. The molecule has 1 aromatic heterocycles. The second kappa shape index (κ2) is 7.22. The van der Waals surface area contributed by atoms with Crippen molar-refractivity contribution >= 4 is 28.2 Å². The second-order valence-corrected chi connectivity index (χ2v) is 9.22. The lowest BCUT2D eigenvalue weighted by Gasteiger charge is -2.42. The van der Waals surface area contributed by atoms with Gasteiger partial charge in [0.15, 0.2) is 0 Å². The maximum atomic E-state index is 12.7. The van der Waals surface area contributed by atoms with Crippen LogP contribution in [0, 0.1) is 0 Å². The number of anilines is 1. The minimum absolute atomic E-state index is 0.182. The van der Waals surface area contributed by atoms with Crippen LogP contribution in [0.3, 0.4) is 0 Å². The van der Waals surface area contributed by atoms with Crippen LogP contribution in [0.15, 0.2) is 24.3 Å². The molecule has 3 rings (SSSR count). The van der Waals surface area contributed by atoms with Crippen molar-refractivity contribution in [3.05, 3.63) is 45.8 Å². The summed E-state index contributed by atoms with van der Waals surface area (Å²) >= 11 is 1.41. The van der Waals surface area contributed by atoms with E-state index in [1.54, 1.807) is 24.3 Å². The molecule has 150 valence electrons. The number of carbonyl (C=O) groups is 2. The first kappa shape index (κ1) is 20.4. The molecule has 7 heteroatoms. The molecule has 0 bridgehead atoms. The highest BCUT2D eigenvalue weighted by Crippen LogP contribution is 2.45. The summed E-state index contributed by atoms with van der Waals surface area (Å²) in [5.41, 5.74) is 7.03. The highest BCUT2D eigenvalue weighted by atomic mass is 32.1. The van der Waals surface area contributed by atoms with Gasteiger partial charge in [0.2, 0.25) is 0 Å². The largest absolute Gasteiger partial charge is 0.494 e.